The fourth-order valence-electron chi connectivity index (χ4n) is 2.40. The zero-order valence-electron chi connectivity index (χ0n) is 11.3. The predicted molar refractivity (Wildman–Crippen MR) is 81.4 cm³/mol. The molecule has 2 nitrogen and oxygen atoms in total. The number of hydrogen-bond acceptors (Lipinski definition) is 2. The van der Waals surface area contributed by atoms with E-state index in [0.717, 1.165) is 5.82 Å². The summed E-state index contributed by atoms with van der Waals surface area (Å²) in [6.07, 6.45) is 3.82. The number of aryl methyl sites for hydroxylation is 3. The summed E-state index contributed by atoms with van der Waals surface area (Å²) in [6.45, 7) is 4.34. The highest BCUT2D eigenvalue weighted by Crippen LogP contribution is 2.36. The number of imidazole rings is 1. The minimum absolute atomic E-state index is 1.03. The molecule has 0 amide bonds. The number of aromatic nitrogens is 2. The van der Waals surface area contributed by atoms with Crippen LogP contribution in [0.25, 0.3) is 21.1 Å². The fraction of sp³-hybridized carbons (Fsp3) is 0.188. The van der Waals surface area contributed by atoms with Crippen molar-refractivity contribution in [2.75, 3.05) is 0 Å². The van der Waals surface area contributed by atoms with Crippen LogP contribution in [0.5, 0.6) is 0 Å². The SMILES string of the molecule is Cc1cccc(C)c1-c1ccc(-c2nccn2C)s1. The molecule has 3 aromatic rings. The van der Waals surface area contributed by atoms with Crippen LogP contribution in [0.2, 0.25) is 0 Å². The third kappa shape index (κ3) is 2.10. The molecule has 0 saturated carbocycles. The lowest BCUT2D eigenvalue weighted by Gasteiger charge is -2.06. The van der Waals surface area contributed by atoms with Crippen molar-refractivity contribution in [3.63, 3.8) is 0 Å². The van der Waals surface area contributed by atoms with Gasteiger partial charge in [-0.15, -0.1) is 11.3 Å². The molecule has 2 aromatic heterocycles. The van der Waals surface area contributed by atoms with Crippen LogP contribution < -0.4 is 0 Å². The molecule has 0 spiro atoms. The van der Waals surface area contributed by atoms with Gasteiger partial charge in [0.25, 0.3) is 0 Å². The van der Waals surface area contributed by atoms with E-state index in [4.69, 9.17) is 0 Å². The molecule has 0 bridgehead atoms. The van der Waals surface area contributed by atoms with E-state index in [1.54, 1.807) is 11.3 Å². The molecular weight excluding hydrogens is 252 g/mol. The van der Waals surface area contributed by atoms with Gasteiger partial charge in [0, 0.05) is 24.3 Å². The third-order valence-corrected chi connectivity index (χ3v) is 4.47. The van der Waals surface area contributed by atoms with E-state index in [-0.39, 0.29) is 0 Å². The molecule has 1 aromatic carbocycles. The number of nitrogens with zero attached hydrogens (tertiary/aromatic N) is 2. The molecular formula is C16H16N2S. The number of thiophene rings is 1. The molecule has 0 aliphatic carbocycles. The van der Waals surface area contributed by atoms with Gasteiger partial charge in [-0.2, -0.15) is 0 Å². The van der Waals surface area contributed by atoms with E-state index in [1.807, 2.05) is 19.4 Å². The molecule has 0 unspecified atom stereocenters. The summed E-state index contributed by atoms with van der Waals surface area (Å²) in [5, 5.41) is 0. The molecule has 3 heteroatoms. The van der Waals surface area contributed by atoms with Gasteiger partial charge in [-0.05, 0) is 42.7 Å². The van der Waals surface area contributed by atoms with Crippen LogP contribution in [-0.2, 0) is 7.05 Å². The first-order valence-electron chi connectivity index (χ1n) is 6.31. The topological polar surface area (TPSA) is 17.8 Å². The summed E-state index contributed by atoms with van der Waals surface area (Å²) < 4.78 is 2.06. The molecule has 0 aliphatic rings. The first kappa shape index (κ1) is 12.2. The van der Waals surface area contributed by atoms with Gasteiger partial charge in [0.05, 0.1) is 4.88 Å². The van der Waals surface area contributed by atoms with Crippen molar-refractivity contribution in [2.45, 2.75) is 13.8 Å². The zero-order chi connectivity index (χ0) is 13.4. The Hall–Kier alpha value is -1.87. The smallest absolute Gasteiger partial charge is 0.149 e. The molecule has 0 saturated heterocycles. The lowest BCUT2D eigenvalue weighted by atomic mass is 10.0. The van der Waals surface area contributed by atoms with E-state index in [1.165, 1.54) is 26.4 Å². The molecule has 19 heavy (non-hydrogen) atoms. The molecule has 3 rings (SSSR count). The average molecular weight is 268 g/mol. The van der Waals surface area contributed by atoms with Crippen molar-refractivity contribution in [1.82, 2.24) is 9.55 Å². The van der Waals surface area contributed by atoms with E-state index in [2.05, 4.69) is 53.7 Å². The Morgan fingerprint density at radius 2 is 1.68 bits per heavy atom. The van der Waals surface area contributed by atoms with Gasteiger partial charge in [-0.25, -0.2) is 4.98 Å². The highest BCUT2D eigenvalue weighted by molar-refractivity contribution is 7.18. The summed E-state index contributed by atoms with van der Waals surface area (Å²) in [5.74, 6) is 1.03. The van der Waals surface area contributed by atoms with Gasteiger partial charge in [0.15, 0.2) is 0 Å². The van der Waals surface area contributed by atoms with Gasteiger partial charge < -0.3 is 4.57 Å². The van der Waals surface area contributed by atoms with Crippen molar-refractivity contribution in [3.8, 4) is 21.1 Å². The minimum Gasteiger partial charge on any atom is -0.333 e. The van der Waals surface area contributed by atoms with Crippen LogP contribution in [0.15, 0.2) is 42.7 Å². The van der Waals surface area contributed by atoms with E-state index < -0.39 is 0 Å². The van der Waals surface area contributed by atoms with Crippen LogP contribution in [-0.4, -0.2) is 9.55 Å². The Kier molecular flexibility index (Phi) is 2.99. The quantitative estimate of drug-likeness (QED) is 0.672. The second-order valence-corrected chi connectivity index (χ2v) is 5.88. The van der Waals surface area contributed by atoms with Crippen molar-refractivity contribution in [3.05, 3.63) is 53.9 Å². The average Bonchev–Trinajstić information content (AvgIpc) is 2.98. The molecule has 0 radical (unpaired) electrons. The summed E-state index contributed by atoms with van der Waals surface area (Å²) in [7, 11) is 2.03. The minimum atomic E-state index is 1.03. The monoisotopic (exact) mass is 268 g/mol. The predicted octanol–water partition coefficient (Wildman–Crippen LogP) is 4.43. The van der Waals surface area contributed by atoms with Gasteiger partial charge >= 0.3 is 0 Å². The Labute approximate surface area is 117 Å². The standard InChI is InChI=1S/C16H16N2S/c1-11-5-4-6-12(2)15(11)13-7-8-14(19-13)16-17-9-10-18(16)3/h4-10H,1-3H3. The highest BCUT2D eigenvalue weighted by Gasteiger charge is 2.11. The summed E-state index contributed by atoms with van der Waals surface area (Å²) in [6, 6.07) is 10.8. The molecule has 0 atom stereocenters. The van der Waals surface area contributed by atoms with E-state index in [9.17, 15) is 0 Å². The first-order valence-corrected chi connectivity index (χ1v) is 7.12. The number of rotatable bonds is 2. The first-order chi connectivity index (χ1) is 9.16. The summed E-state index contributed by atoms with van der Waals surface area (Å²) >= 11 is 1.80. The molecule has 96 valence electrons. The summed E-state index contributed by atoms with van der Waals surface area (Å²) in [4.78, 5) is 6.94. The van der Waals surface area contributed by atoms with Crippen LogP contribution in [0.4, 0.5) is 0 Å². The van der Waals surface area contributed by atoms with Crippen LogP contribution >= 0.6 is 11.3 Å². The van der Waals surface area contributed by atoms with Gasteiger partial charge in [-0.3, -0.25) is 0 Å². The highest BCUT2D eigenvalue weighted by atomic mass is 32.1. The van der Waals surface area contributed by atoms with Crippen molar-refractivity contribution in [2.24, 2.45) is 7.05 Å². The van der Waals surface area contributed by atoms with E-state index >= 15 is 0 Å². The molecule has 0 aliphatic heterocycles. The van der Waals surface area contributed by atoms with Crippen molar-refractivity contribution >= 4 is 11.3 Å². The number of benzene rings is 1. The second-order valence-electron chi connectivity index (χ2n) is 4.79. The van der Waals surface area contributed by atoms with Gasteiger partial charge in [-0.1, -0.05) is 18.2 Å². The normalized spacial score (nSPS) is 10.9. The second kappa shape index (κ2) is 4.67. The lowest BCUT2D eigenvalue weighted by molar-refractivity contribution is 0.928. The maximum atomic E-state index is 4.41. The Morgan fingerprint density at radius 1 is 1.00 bits per heavy atom. The lowest BCUT2D eigenvalue weighted by Crippen LogP contribution is -1.88. The van der Waals surface area contributed by atoms with Crippen LogP contribution in [0.1, 0.15) is 11.1 Å². The largest absolute Gasteiger partial charge is 0.333 e. The Balaban J connectivity index is 2.10. The fourth-order valence-corrected chi connectivity index (χ4v) is 3.62. The molecule has 0 fully saturated rings. The van der Waals surface area contributed by atoms with E-state index in [0.29, 0.717) is 0 Å². The van der Waals surface area contributed by atoms with Crippen LogP contribution in [0.3, 0.4) is 0 Å². The van der Waals surface area contributed by atoms with Crippen molar-refractivity contribution in [1.29, 1.82) is 0 Å². The third-order valence-electron chi connectivity index (χ3n) is 3.38. The van der Waals surface area contributed by atoms with Gasteiger partial charge in [0.2, 0.25) is 0 Å². The van der Waals surface area contributed by atoms with Gasteiger partial charge in [0.1, 0.15) is 5.82 Å². The maximum Gasteiger partial charge on any atom is 0.149 e. The molecule has 2 heterocycles. The number of hydrogen-bond donors (Lipinski definition) is 0. The molecule has 0 N–H and O–H groups in total. The Morgan fingerprint density at radius 3 is 2.32 bits per heavy atom. The maximum absolute atomic E-state index is 4.41. The van der Waals surface area contributed by atoms with Crippen molar-refractivity contribution < 1.29 is 0 Å². The van der Waals surface area contributed by atoms with Crippen LogP contribution in [0, 0.1) is 13.8 Å². The Bertz CT molecular complexity index is 702. The zero-order valence-corrected chi connectivity index (χ0v) is 12.2. The summed E-state index contributed by atoms with van der Waals surface area (Å²) in [5.41, 5.74) is 4.01.